The molecular formula is C18H18N2O. The quantitative estimate of drug-likeness (QED) is 0.736. The van der Waals surface area contributed by atoms with Crippen LogP contribution in [0.15, 0.2) is 34.7 Å². The number of hydrogen-bond acceptors (Lipinski definition) is 3. The lowest BCUT2D eigenvalue weighted by atomic mass is 9.95. The van der Waals surface area contributed by atoms with Gasteiger partial charge in [-0.15, -0.1) is 0 Å². The molecule has 4 rings (SSSR count). The molecule has 3 heteroatoms. The first kappa shape index (κ1) is 12.6. The average molecular weight is 278 g/mol. The minimum absolute atomic E-state index is 0.748. The van der Waals surface area contributed by atoms with E-state index >= 15 is 0 Å². The Kier molecular flexibility index (Phi) is 2.82. The van der Waals surface area contributed by atoms with Crippen LogP contribution in [0.5, 0.6) is 0 Å². The van der Waals surface area contributed by atoms with Crippen LogP contribution in [-0.2, 0) is 13.0 Å². The van der Waals surface area contributed by atoms with Gasteiger partial charge in [0.25, 0.3) is 0 Å². The Labute approximate surface area is 124 Å². The van der Waals surface area contributed by atoms with Crippen LogP contribution in [0, 0.1) is 13.8 Å². The molecule has 2 heterocycles. The van der Waals surface area contributed by atoms with E-state index in [1.165, 1.54) is 16.7 Å². The fraction of sp³-hybridized carbons (Fsp3) is 0.278. The molecule has 1 aliphatic rings. The van der Waals surface area contributed by atoms with E-state index in [4.69, 9.17) is 9.40 Å². The SMILES string of the molecule is Cc1cc(C)c2oc(-c3cccc4c3CCNC4)nc2c1. The lowest BCUT2D eigenvalue weighted by Gasteiger charge is -2.18. The van der Waals surface area contributed by atoms with Gasteiger partial charge in [0.2, 0.25) is 5.89 Å². The molecule has 3 aromatic rings. The molecule has 2 aromatic carbocycles. The van der Waals surface area contributed by atoms with Gasteiger partial charge in [-0.05, 0) is 61.2 Å². The fourth-order valence-electron chi connectivity index (χ4n) is 3.22. The van der Waals surface area contributed by atoms with Gasteiger partial charge in [0.15, 0.2) is 5.58 Å². The van der Waals surface area contributed by atoms with E-state index in [1.807, 2.05) is 0 Å². The second-order valence-electron chi connectivity index (χ2n) is 5.82. The normalized spacial score (nSPS) is 14.4. The molecule has 0 unspecified atom stereocenters. The lowest BCUT2D eigenvalue weighted by molar-refractivity contribution is 0.609. The third-order valence-corrected chi connectivity index (χ3v) is 4.19. The standard InChI is InChI=1S/C18H18N2O/c1-11-8-12(2)17-16(9-11)20-18(21-17)15-5-3-4-13-10-19-7-6-14(13)15/h3-5,8-9,19H,6-7,10H2,1-2H3. The van der Waals surface area contributed by atoms with Crippen LogP contribution in [0.1, 0.15) is 22.3 Å². The van der Waals surface area contributed by atoms with E-state index in [0.29, 0.717) is 0 Å². The van der Waals surface area contributed by atoms with Gasteiger partial charge in [-0.1, -0.05) is 18.2 Å². The van der Waals surface area contributed by atoms with Gasteiger partial charge < -0.3 is 9.73 Å². The topological polar surface area (TPSA) is 38.1 Å². The van der Waals surface area contributed by atoms with Crippen molar-refractivity contribution in [2.24, 2.45) is 0 Å². The summed E-state index contributed by atoms with van der Waals surface area (Å²) in [6.07, 6.45) is 1.03. The highest BCUT2D eigenvalue weighted by Gasteiger charge is 2.18. The van der Waals surface area contributed by atoms with E-state index in [-0.39, 0.29) is 0 Å². The summed E-state index contributed by atoms with van der Waals surface area (Å²) in [5, 5.41) is 3.41. The molecule has 106 valence electrons. The van der Waals surface area contributed by atoms with Gasteiger partial charge in [-0.3, -0.25) is 0 Å². The van der Waals surface area contributed by atoms with Crippen LogP contribution in [0.4, 0.5) is 0 Å². The zero-order valence-electron chi connectivity index (χ0n) is 12.4. The first-order chi connectivity index (χ1) is 10.2. The molecule has 0 bridgehead atoms. The summed E-state index contributed by atoms with van der Waals surface area (Å²) in [6.45, 7) is 6.12. The molecule has 1 N–H and O–H groups in total. The first-order valence-electron chi connectivity index (χ1n) is 7.42. The zero-order valence-corrected chi connectivity index (χ0v) is 12.4. The van der Waals surface area contributed by atoms with Crippen LogP contribution in [0.2, 0.25) is 0 Å². The Morgan fingerprint density at radius 1 is 1.19 bits per heavy atom. The van der Waals surface area contributed by atoms with Crippen molar-refractivity contribution in [2.75, 3.05) is 6.54 Å². The molecule has 21 heavy (non-hydrogen) atoms. The highest BCUT2D eigenvalue weighted by atomic mass is 16.3. The van der Waals surface area contributed by atoms with E-state index in [2.05, 4.69) is 49.5 Å². The Morgan fingerprint density at radius 2 is 2.10 bits per heavy atom. The minimum atomic E-state index is 0.748. The van der Waals surface area contributed by atoms with Gasteiger partial charge in [-0.25, -0.2) is 4.98 Å². The van der Waals surface area contributed by atoms with E-state index in [1.54, 1.807) is 0 Å². The molecule has 0 atom stereocenters. The minimum Gasteiger partial charge on any atom is -0.436 e. The van der Waals surface area contributed by atoms with Gasteiger partial charge in [0.1, 0.15) is 5.52 Å². The second kappa shape index (κ2) is 4.71. The summed E-state index contributed by atoms with van der Waals surface area (Å²) >= 11 is 0. The van der Waals surface area contributed by atoms with Crippen LogP contribution in [0.3, 0.4) is 0 Å². The van der Waals surface area contributed by atoms with Gasteiger partial charge >= 0.3 is 0 Å². The maximum atomic E-state index is 6.07. The van der Waals surface area contributed by atoms with Gasteiger partial charge in [-0.2, -0.15) is 0 Å². The van der Waals surface area contributed by atoms with E-state index in [9.17, 15) is 0 Å². The zero-order chi connectivity index (χ0) is 14.4. The lowest BCUT2D eigenvalue weighted by Crippen LogP contribution is -2.24. The van der Waals surface area contributed by atoms with Crippen molar-refractivity contribution >= 4 is 11.1 Å². The molecular weight excluding hydrogens is 260 g/mol. The number of hydrogen-bond donors (Lipinski definition) is 1. The summed E-state index contributed by atoms with van der Waals surface area (Å²) in [6, 6.07) is 10.6. The van der Waals surface area contributed by atoms with Crippen molar-refractivity contribution in [1.29, 1.82) is 0 Å². The van der Waals surface area contributed by atoms with Crippen molar-refractivity contribution in [3.63, 3.8) is 0 Å². The predicted octanol–water partition coefficient (Wildman–Crippen LogP) is 3.76. The smallest absolute Gasteiger partial charge is 0.227 e. The number of rotatable bonds is 1. The number of nitrogens with one attached hydrogen (secondary N) is 1. The Hall–Kier alpha value is -2.13. The summed E-state index contributed by atoms with van der Waals surface area (Å²) in [5.41, 5.74) is 8.10. The van der Waals surface area contributed by atoms with Crippen LogP contribution in [-0.4, -0.2) is 11.5 Å². The number of fused-ring (bicyclic) bond motifs is 2. The third-order valence-electron chi connectivity index (χ3n) is 4.19. The van der Waals surface area contributed by atoms with Gasteiger partial charge in [0.05, 0.1) is 0 Å². The summed E-state index contributed by atoms with van der Waals surface area (Å²) < 4.78 is 6.07. The van der Waals surface area contributed by atoms with Crippen molar-refractivity contribution in [1.82, 2.24) is 10.3 Å². The Bertz CT molecular complexity index is 833. The Morgan fingerprint density at radius 3 is 3.00 bits per heavy atom. The molecule has 0 saturated carbocycles. The van der Waals surface area contributed by atoms with Crippen molar-refractivity contribution in [3.05, 3.63) is 52.6 Å². The number of nitrogens with zero attached hydrogens (tertiary/aromatic N) is 1. The summed E-state index contributed by atoms with van der Waals surface area (Å²) in [7, 11) is 0. The van der Waals surface area contributed by atoms with Crippen LogP contribution < -0.4 is 5.32 Å². The molecule has 1 aromatic heterocycles. The first-order valence-corrected chi connectivity index (χ1v) is 7.42. The molecule has 0 radical (unpaired) electrons. The number of aryl methyl sites for hydroxylation is 2. The molecule has 0 aliphatic carbocycles. The second-order valence-corrected chi connectivity index (χ2v) is 5.82. The number of aromatic nitrogens is 1. The predicted molar refractivity (Wildman–Crippen MR) is 84.3 cm³/mol. The monoisotopic (exact) mass is 278 g/mol. The van der Waals surface area contributed by atoms with Crippen molar-refractivity contribution in [3.8, 4) is 11.5 Å². The number of oxazole rings is 1. The largest absolute Gasteiger partial charge is 0.436 e. The highest BCUT2D eigenvalue weighted by molar-refractivity contribution is 5.80. The summed E-state index contributed by atoms with van der Waals surface area (Å²) in [5.74, 6) is 0.748. The third kappa shape index (κ3) is 2.05. The molecule has 1 aliphatic heterocycles. The maximum absolute atomic E-state index is 6.07. The van der Waals surface area contributed by atoms with Crippen LogP contribution in [0.25, 0.3) is 22.6 Å². The van der Waals surface area contributed by atoms with Crippen molar-refractivity contribution in [2.45, 2.75) is 26.8 Å². The summed E-state index contributed by atoms with van der Waals surface area (Å²) in [4.78, 5) is 4.73. The fourth-order valence-corrected chi connectivity index (χ4v) is 3.22. The maximum Gasteiger partial charge on any atom is 0.227 e. The molecule has 0 fully saturated rings. The van der Waals surface area contributed by atoms with Gasteiger partial charge in [0, 0.05) is 12.1 Å². The average Bonchev–Trinajstić information content (AvgIpc) is 2.90. The van der Waals surface area contributed by atoms with E-state index in [0.717, 1.165) is 47.6 Å². The molecule has 3 nitrogen and oxygen atoms in total. The molecule has 0 spiro atoms. The highest BCUT2D eigenvalue weighted by Crippen LogP contribution is 2.31. The molecule has 0 saturated heterocycles. The van der Waals surface area contributed by atoms with Crippen LogP contribution >= 0.6 is 0 Å². The van der Waals surface area contributed by atoms with Crippen molar-refractivity contribution < 1.29 is 4.42 Å². The van der Waals surface area contributed by atoms with E-state index < -0.39 is 0 Å². The number of benzene rings is 2. The molecule has 0 amide bonds. The Balaban J connectivity index is 1.93.